The summed E-state index contributed by atoms with van der Waals surface area (Å²) in [6.45, 7) is 4.71. The van der Waals surface area contributed by atoms with Crippen molar-refractivity contribution in [2.24, 2.45) is 11.3 Å². The van der Waals surface area contributed by atoms with Gasteiger partial charge in [0, 0.05) is 26.2 Å². The third kappa shape index (κ3) is 2.82. The first-order valence-electron chi connectivity index (χ1n) is 9.45. The van der Waals surface area contributed by atoms with Gasteiger partial charge >= 0.3 is 0 Å². The normalized spacial score (nSPS) is 27.7. The maximum absolute atomic E-state index is 13.1. The molecule has 1 aromatic carbocycles. The Hall–Kier alpha value is -1.95. The molecule has 1 spiro atoms. The molecule has 1 atom stereocenters. The Bertz CT molecular complexity index is 800. The molecule has 0 radical (unpaired) electrons. The molecular weight excluding hydrogens is 316 g/mol. The summed E-state index contributed by atoms with van der Waals surface area (Å²) < 4.78 is 4.78. The van der Waals surface area contributed by atoms with E-state index in [0.29, 0.717) is 5.91 Å². The highest BCUT2D eigenvalue weighted by molar-refractivity contribution is 5.84. The minimum Gasteiger partial charge on any atom is -0.342 e. The highest BCUT2D eigenvalue weighted by atomic mass is 16.6. The zero-order valence-corrected chi connectivity index (χ0v) is 14.5. The standard InChI is InChI=1S/C19H24N4O2/c24-18-19(6-1-8-23(18)12-14-2-3-14)7-9-22(13-19)11-15-4-5-16-17(10-15)21-25-20-16/h4-5,10,14H,1-3,6-9,11-13H2. The molecule has 2 saturated heterocycles. The summed E-state index contributed by atoms with van der Waals surface area (Å²) in [6, 6.07) is 6.08. The molecule has 2 aliphatic heterocycles. The second-order valence-corrected chi connectivity index (χ2v) is 8.13. The van der Waals surface area contributed by atoms with E-state index in [-0.39, 0.29) is 5.41 Å². The molecule has 0 bridgehead atoms. The second kappa shape index (κ2) is 5.80. The van der Waals surface area contributed by atoms with Crippen molar-refractivity contribution >= 4 is 16.9 Å². The van der Waals surface area contributed by atoms with Crippen molar-refractivity contribution in [3.8, 4) is 0 Å². The Labute approximate surface area is 147 Å². The monoisotopic (exact) mass is 340 g/mol. The molecule has 1 saturated carbocycles. The van der Waals surface area contributed by atoms with Crippen LogP contribution in [0.2, 0.25) is 0 Å². The topological polar surface area (TPSA) is 62.5 Å². The van der Waals surface area contributed by atoms with Gasteiger partial charge in [0.25, 0.3) is 0 Å². The summed E-state index contributed by atoms with van der Waals surface area (Å²) in [5, 5.41) is 7.78. The molecule has 1 aliphatic carbocycles. The van der Waals surface area contributed by atoms with Crippen molar-refractivity contribution in [3.05, 3.63) is 23.8 Å². The van der Waals surface area contributed by atoms with Crippen LogP contribution in [0.25, 0.3) is 11.0 Å². The zero-order chi connectivity index (χ0) is 16.9. The lowest BCUT2D eigenvalue weighted by atomic mass is 9.78. The summed E-state index contributed by atoms with van der Waals surface area (Å²) >= 11 is 0. The van der Waals surface area contributed by atoms with Gasteiger partial charge in [0.1, 0.15) is 11.0 Å². The van der Waals surface area contributed by atoms with Crippen molar-refractivity contribution in [3.63, 3.8) is 0 Å². The molecule has 3 fully saturated rings. The quantitative estimate of drug-likeness (QED) is 0.855. The van der Waals surface area contributed by atoms with Crippen LogP contribution in [0.5, 0.6) is 0 Å². The highest BCUT2D eigenvalue weighted by Gasteiger charge is 2.48. The van der Waals surface area contributed by atoms with Crippen LogP contribution in [-0.4, -0.2) is 52.2 Å². The van der Waals surface area contributed by atoms with Crippen LogP contribution in [0.4, 0.5) is 0 Å². The lowest BCUT2D eigenvalue weighted by molar-refractivity contribution is -0.145. The number of carbonyl (C=O) groups is 1. The average molecular weight is 340 g/mol. The second-order valence-electron chi connectivity index (χ2n) is 8.13. The molecule has 1 amide bonds. The predicted octanol–water partition coefficient (Wildman–Crippen LogP) is 2.45. The first kappa shape index (κ1) is 15.3. The lowest BCUT2D eigenvalue weighted by Gasteiger charge is -2.39. The maximum atomic E-state index is 13.1. The molecule has 6 nitrogen and oxygen atoms in total. The summed E-state index contributed by atoms with van der Waals surface area (Å²) in [4.78, 5) is 17.7. The summed E-state index contributed by atoms with van der Waals surface area (Å²) in [7, 11) is 0. The van der Waals surface area contributed by atoms with Gasteiger partial charge in [-0.1, -0.05) is 6.07 Å². The number of aromatic nitrogens is 2. The average Bonchev–Trinajstić information content (AvgIpc) is 3.15. The zero-order valence-electron chi connectivity index (χ0n) is 14.5. The van der Waals surface area contributed by atoms with Crippen LogP contribution in [0, 0.1) is 11.3 Å². The molecule has 1 unspecified atom stereocenters. The maximum Gasteiger partial charge on any atom is 0.230 e. The van der Waals surface area contributed by atoms with E-state index in [1.54, 1.807) is 0 Å². The lowest BCUT2D eigenvalue weighted by Crippen LogP contribution is -2.50. The fraction of sp³-hybridized carbons (Fsp3) is 0.632. The number of carbonyl (C=O) groups excluding carboxylic acids is 1. The van der Waals surface area contributed by atoms with E-state index in [0.717, 1.165) is 68.9 Å². The van der Waals surface area contributed by atoms with Crippen LogP contribution in [-0.2, 0) is 11.3 Å². The number of benzene rings is 1. The Morgan fingerprint density at radius 2 is 2.04 bits per heavy atom. The van der Waals surface area contributed by atoms with Gasteiger partial charge < -0.3 is 4.90 Å². The van der Waals surface area contributed by atoms with E-state index < -0.39 is 0 Å². The van der Waals surface area contributed by atoms with E-state index in [1.165, 1.54) is 18.4 Å². The summed E-state index contributed by atoms with van der Waals surface area (Å²) in [6.07, 6.45) is 5.82. The van der Waals surface area contributed by atoms with E-state index in [4.69, 9.17) is 4.63 Å². The van der Waals surface area contributed by atoms with E-state index in [2.05, 4.69) is 26.2 Å². The molecule has 3 heterocycles. The molecule has 5 rings (SSSR count). The Balaban J connectivity index is 1.28. The number of hydrogen-bond acceptors (Lipinski definition) is 5. The molecular formula is C19H24N4O2. The van der Waals surface area contributed by atoms with Gasteiger partial charge in [0.05, 0.1) is 5.41 Å². The number of piperidine rings is 1. The summed E-state index contributed by atoms with van der Waals surface area (Å²) in [5.74, 6) is 1.20. The number of nitrogens with zero attached hydrogens (tertiary/aromatic N) is 4. The van der Waals surface area contributed by atoms with Gasteiger partial charge in [0.15, 0.2) is 0 Å². The van der Waals surface area contributed by atoms with Gasteiger partial charge in [-0.2, -0.15) is 0 Å². The van der Waals surface area contributed by atoms with Crippen LogP contribution < -0.4 is 0 Å². The van der Waals surface area contributed by atoms with E-state index in [1.807, 2.05) is 12.1 Å². The summed E-state index contributed by atoms with van der Waals surface area (Å²) in [5.41, 5.74) is 2.67. The van der Waals surface area contributed by atoms with Crippen molar-refractivity contribution < 1.29 is 9.42 Å². The van der Waals surface area contributed by atoms with E-state index in [9.17, 15) is 4.79 Å². The number of hydrogen-bond donors (Lipinski definition) is 0. The van der Waals surface area contributed by atoms with Gasteiger partial charge in [-0.15, -0.1) is 0 Å². The van der Waals surface area contributed by atoms with Gasteiger partial charge in [-0.25, -0.2) is 4.63 Å². The molecule has 0 N–H and O–H groups in total. The van der Waals surface area contributed by atoms with Gasteiger partial charge in [-0.3, -0.25) is 9.69 Å². The molecule has 3 aliphatic rings. The smallest absolute Gasteiger partial charge is 0.230 e. The number of likely N-dealkylation sites (tertiary alicyclic amines) is 2. The van der Waals surface area contributed by atoms with Gasteiger partial charge in [-0.05, 0) is 72.6 Å². The Morgan fingerprint density at radius 1 is 1.16 bits per heavy atom. The molecule has 1 aromatic heterocycles. The van der Waals surface area contributed by atoms with Crippen LogP contribution >= 0.6 is 0 Å². The third-order valence-corrected chi connectivity index (χ3v) is 6.16. The van der Waals surface area contributed by atoms with Crippen molar-refractivity contribution in [1.29, 1.82) is 0 Å². The van der Waals surface area contributed by atoms with Crippen LogP contribution in [0.1, 0.15) is 37.7 Å². The fourth-order valence-corrected chi connectivity index (χ4v) is 4.59. The Kier molecular flexibility index (Phi) is 3.55. The molecule has 132 valence electrons. The van der Waals surface area contributed by atoms with E-state index >= 15 is 0 Å². The number of amides is 1. The van der Waals surface area contributed by atoms with Crippen molar-refractivity contribution in [1.82, 2.24) is 20.1 Å². The first-order chi connectivity index (χ1) is 12.2. The fourth-order valence-electron chi connectivity index (χ4n) is 4.59. The minimum atomic E-state index is -0.132. The van der Waals surface area contributed by atoms with Crippen LogP contribution in [0.3, 0.4) is 0 Å². The molecule has 2 aromatic rings. The SMILES string of the molecule is O=C1N(CC2CC2)CCCC12CCN(Cc1ccc3nonc3c1)C2. The van der Waals surface area contributed by atoms with Gasteiger partial charge in [0.2, 0.25) is 5.91 Å². The highest BCUT2D eigenvalue weighted by Crippen LogP contribution is 2.42. The molecule has 6 heteroatoms. The van der Waals surface area contributed by atoms with Crippen LogP contribution in [0.15, 0.2) is 22.8 Å². The third-order valence-electron chi connectivity index (χ3n) is 6.16. The van der Waals surface area contributed by atoms with Crippen molar-refractivity contribution in [2.45, 2.75) is 38.6 Å². The van der Waals surface area contributed by atoms with Crippen molar-refractivity contribution in [2.75, 3.05) is 26.2 Å². The minimum absolute atomic E-state index is 0.132. The Morgan fingerprint density at radius 3 is 2.92 bits per heavy atom. The predicted molar refractivity (Wildman–Crippen MR) is 92.7 cm³/mol. The molecule has 25 heavy (non-hydrogen) atoms. The number of rotatable bonds is 4. The largest absolute Gasteiger partial charge is 0.342 e. The number of fused-ring (bicyclic) bond motifs is 1. The first-order valence-corrected chi connectivity index (χ1v) is 9.45.